The van der Waals surface area contributed by atoms with Gasteiger partial charge in [-0.2, -0.15) is 5.26 Å². The van der Waals surface area contributed by atoms with Crippen LogP contribution in [-0.4, -0.2) is 29.1 Å². The molecular weight excluding hydrogens is 244 g/mol. The molecule has 18 heavy (non-hydrogen) atoms. The second-order valence-electron chi connectivity index (χ2n) is 4.72. The lowest BCUT2D eigenvalue weighted by molar-refractivity contribution is -0.132. The van der Waals surface area contributed by atoms with E-state index >= 15 is 0 Å². The van der Waals surface area contributed by atoms with Gasteiger partial charge in [0.1, 0.15) is 6.04 Å². The van der Waals surface area contributed by atoms with Gasteiger partial charge in [0.05, 0.1) is 12.0 Å². The van der Waals surface area contributed by atoms with E-state index < -0.39 is 0 Å². The van der Waals surface area contributed by atoms with Crippen LogP contribution in [0.5, 0.6) is 0 Å². The van der Waals surface area contributed by atoms with Crippen molar-refractivity contribution < 1.29 is 4.79 Å². The third-order valence-corrected chi connectivity index (χ3v) is 4.87. The zero-order chi connectivity index (χ0) is 12.5. The van der Waals surface area contributed by atoms with Gasteiger partial charge < -0.3 is 4.90 Å². The van der Waals surface area contributed by atoms with Gasteiger partial charge in [0.2, 0.25) is 5.91 Å². The quantitative estimate of drug-likeness (QED) is 0.777. The highest BCUT2D eigenvalue weighted by molar-refractivity contribution is 7.99. The summed E-state index contributed by atoms with van der Waals surface area (Å²) in [7, 11) is 0. The molecule has 2 heterocycles. The standard InChI is InChI=1S/C14H14N2OS/c15-8-10-4-3-7-16(10)14(17)12-9-18-13-6-2-1-5-11(12)13/h1-2,5-6,10,12H,3-4,7,9H2. The highest BCUT2D eigenvalue weighted by Gasteiger charge is 2.36. The van der Waals surface area contributed by atoms with Crippen LogP contribution in [0.2, 0.25) is 0 Å². The number of fused-ring (bicyclic) bond motifs is 1. The fourth-order valence-electron chi connectivity index (χ4n) is 2.73. The maximum Gasteiger partial charge on any atom is 0.232 e. The molecule has 1 aromatic rings. The number of likely N-dealkylation sites (tertiary alicyclic amines) is 1. The summed E-state index contributed by atoms with van der Waals surface area (Å²) in [6.45, 7) is 0.737. The summed E-state index contributed by atoms with van der Waals surface area (Å²) in [5.41, 5.74) is 1.14. The summed E-state index contributed by atoms with van der Waals surface area (Å²) < 4.78 is 0. The number of amides is 1. The van der Waals surface area contributed by atoms with Gasteiger partial charge >= 0.3 is 0 Å². The minimum atomic E-state index is -0.213. The van der Waals surface area contributed by atoms with E-state index in [9.17, 15) is 4.79 Å². The molecular formula is C14H14N2OS. The van der Waals surface area contributed by atoms with E-state index in [-0.39, 0.29) is 17.9 Å². The van der Waals surface area contributed by atoms with Crippen LogP contribution in [0.15, 0.2) is 29.2 Å². The molecule has 0 spiro atoms. The lowest BCUT2D eigenvalue weighted by Gasteiger charge is -2.23. The van der Waals surface area contributed by atoms with Crippen molar-refractivity contribution >= 4 is 17.7 Å². The summed E-state index contributed by atoms with van der Waals surface area (Å²) in [4.78, 5) is 15.5. The predicted octanol–water partition coefficient (Wildman–Crippen LogP) is 2.39. The first-order valence-corrected chi connectivity index (χ1v) is 7.21. The van der Waals surface area contributed by atoms with Gasteiger partial charge in [-0.25, -0.2) is 0 Å². The molecule has 0 N–H and O–H groups in total. The van der Waals surface area contributed by atoms with Crippen molar-refractivity contribution in [1.82, 2.24) is 4.90 Å². The van der Waals surface area contributed by atoms with E-state index in [1.807, 2.05) is 18.2 Å². The molecule has 2 aliphatic rings. The molecule has 0 saturated carbocycles. The number of carbonyl (C=O) groups is 1. The number of carbonyl (C=O) groups excluding carboxylic acids is 1. The van der Waals surface area contributed by atoms with Crippen molar-refractivity contribution in [2.75, 3.05) is 12.3 Å². The number of hydrogen-bond donors (Lipinski definition) is 0. The topological polar surface area (TPSA) is 44.1 Å². The SMILES string of the molecule is N#CC1CCCN1C(=O)C1CSc2ccccc21. The van der Waals surface area contributed by atoms with Gasteiger partial charge in [0.15, 0.2) is 0 Å². The van der Waals surface area contributed by atoms with Crippen LogP contribution in [0.4, 0.5) is 0 Å². The second kappa shape index (κ2) is 4.66. The molecule has 0 radical (unpaired) electrons. The van der Waals surface area contributed by atoms with Gasteiger partial charge in [-0.05, 0) is 24.5 Å². The molecule has 0 bridgehead atoms. The van der Waals surface area contributed by atoms with Crippen LogP contribution in [0.25, 0.3) is 0 Å². The Hall–Kier alpha value is -1.47. The molecule has 1 amide bonds. The van der Waals surface area contributed by atoms with Gasteiger partial charge in [-0.15, -0.1) is 11.8 Å². The van der Waals surface area contributed by atoms with Crippen molar-refractivity contribution in [3.8, 4) is 6.07 Å². The maximum absolute atomic E-state index is 12.5. The number of rotatable bonds is 1. The number of hydrogen-bond acceptors (Lipinski definition) is 3. The Labute approximate surface area is 111 Å². The van der Waals surface area contributed by atoms with Crippen LogP contribution in [-0.2, 0) is 4.79 Å². The summed E-state index contributed by atoms with van der Waals surface area (Å²) >= 11 is 1.74. The molecule has 92 valence electrons. The van der Waals surface area contributed by atoms with Crippen LogP contribution >= 0.6 is 11.8 Å². The van der Waals surface area contributed by atoms with Gasteiger partial charge in [-0.1, -0.05) is 18.2 Å². The van der Waals surface area contributed by atoms with Crippen LogP contribution in [0.1, 0.15) is 24.3 Å². The Kier molecular flexibility index (Phi) is 3.00. The van der Waals surface area contributed by atoms with Gasteiger partial charge in [-0.3, -0.25) is 4.79 Å². The van der Waals surface area contributed by atoms with Crippen molar-refractivity contribution in [1.29, 1.82) is 5.26 Å². The third-order valence-electron chi connectivity index (χ3n) is 3.68. The van der Waals surface area contributed by atoms with Crippen LogP contribution in [0, 0.1) is 11.3 Å². The van der Waals surface area contributed by atoms with Crippen LogP contribution < -0.4 is 0 Å². The Balaban J connectivity index is 1.85. The van der Waals surface area contributed by atoms with E-state index in [1.165, 1.54) is 4.90 Å². The zero-order valence-corrected chi connectivity index (χ0v) is 10.8. The first-order chi connectivity index (χ1) is 8.81. The largest absolute Gasteiger partial charge is 0.326 e. The maximum atomic E-state index is 12.5. The normalized spacial score (nSPS) is 25.8. The van der Waals surface area contributed by atoms with Crippen molar-refractivity contribution in [3.63, 3.8) is 0 Å². The fourth-order valence-corrected chi connectivity index (χ4v) is 3.95. The molecule has 3 rings (SSSR count). The predicted molar refractivity (Wildman–Crippen MR) is 70.3 cm³/mol. The smallest absolute Gasteiger partial charge is 0.232 e. The minimum Gasteiger partial charge on any atom is -0.326 e. The van der Waals surface area contributed by atoms with Gasteiger partial charge in [0.25, 0.3) is 0 Å². The molecule has 3 nitrogen and oxygen atoms in total. The van der Waals surface area contributed by atoms with E-state index in [1.54, 1.807) is 16.7 Å². The Bertz CT molecular complexity index is 523. The van der Waals surface area contributed by atoms with Crippen molar-refractivity contribution in [3.05, 3.63) is 29.8 Å². The monoisotopic (exact) mass is 258 g/mol. The lowest BCUT2D eigenvalue weighted by Crippen LogP contribution is -2.38. The summed E-state index contributed by atoms with van der Waals surface area (Å²) in [6, 6.07) is 10.1. The Morgan fingerprint density at radius 1 is 1.44 bits per heavy atom. The van der Waals surface area contributed by atoms with Crippen molar-refractivity contribution in [2.45, 2.75) is 29.7 Å². The molecule has 0 aromatic heterocycles. The molecule has 2 atom stereocenters. The molecule has 4 heteroatoms. The van der Waals surface area contributed by atoms with E-state index in [0.29, 0.717) is 0 Å². The summed E-state index contributed by atoms with van der Waals surface area (Å²) in [5, 5.41) is 9.07. The van der Waals surface area contributed by atoms with Crippen LogP contribution in [0.3, 0.4) is 0 Å². The first-order valence-electron chi connectivity index (χ1n) is 6.23. The Morgan fingerprint density at radius 2 is 2.28 bits per heavy atom. The average Bonchev–Trinajstić information content (AvgIpc) is 3.04. The highest BCUT2D eigenvalue weighted by atomic mass is 32.2. The molecule has 2 aliphatic heterocycles. The molecule has 2 unspecified atom stereocenters. The van der Waals surface area contributed by atoms with E-state index in [4.69, 9.17) is 5.26 Å². The minimum absolute atomic E-state index is 0.0554. The number of thioether (sulfide) groups is 1. The van der Waals surface area contributed by atoms with Gasteiger partial charge in [0, 0.05) is 17.2 Å². The number of nitrogens with zero attached hydrogens (tertiary/aromatic N) is 2. The average molecular weight is 258 g/mol. The molecule has 1 saturated heterocycles. The molecule has 1 fully saturated rings. The second-order valence-corrected chi connectivity index (χ2v) is 5.78. The first kappa shape index (κ1) is 11.6. The number of nitriles is 1. The van der Waals surface area contributed by atoms with E-state index in [0.717, 1.165) is 30.7 Å². The number of benzene rings is 1. The highest BCUT2D eigenvalue weighted by Crippen LogP contribution is 2.40. The summed E-state index contributed by atoms with van der Waals surface area (Å²) in [5.74, 6) is 0.893. The van der Waals surface area contributed by atoms with Crippen molar-refractivity contribution in [2.24, 2.45) is 0 Å². The summed E-state index contributed by atoms with van der Waals surface area (Å²) in [6.07, 6.45) is 1.77. The zero-order valence-electron chi connectivity index (χ0n) is 10.0. The lowest BCUT2D eigenvalue weighted by atomic mass is 9.99. The molecule has 1 aromatic carbocycles. The fraction of sp³-hybridized carbons (Fsp3) is 0.429. The molecule has 0 aliphatic carbocycles. The third kappa shape index (κ3) is 1.79. The van der Waals surface area contributed by atoms with E-state index in [2.05, 4.69) is 12.1 Å². The Morgan fingerprint density at radius 3 is 3.11 bits per heavy atom.